The number of nitrogens with zero attached hydrogens (tertiary/aromatic N) is 2. The molecular formula is C11H9FN2O. The molecule has 4 heteroatoms. The van der Waals surface area contributed by atoms with Crippen LogP contribution in [0.2, 0.25) is 0 Å². The zero-order valence-electron chi connectivity index (χ0n) is 8.14. The highest BCUT2D eigenvalue weighted by atomic mass is 19.1. The van der Waals surface area contributed by atoms with E-state index in [1.165, 1.54) is 6.07 Å². The van der Waals surface area contributed by atoms with Crippen LogP contribution >= 0.6 is 0 Å². The molecule has 0 fully saturated rings. The van der Waals surface area contributed by atoms with Crippen LogP contribution in [0, 0.1) is 12.7 Å². The molecule has 0 bridgehead atoms. The van der Waals surface area contributed by atoms with Crippen LogP contribution in [0.5, 0.6) is 11.8 Å². The minimum absolute atomic E-state index is 0.253. The summed E-state index contributed by atoms with van der Waals surface area (Å²) in [6.07, 6.45) is 3.16. The van der Waals surface area contributed by atoms with E-state index in [9.17, 15) is 4.39 Å². The van der Waals surface area contributed by atoms with Crippen LogP contribution in [0.3, 0.4) is 0 Å². The molecule has 15 heavy (non-hydrogen) atoms. The van der Waals surface area contributed by atoms with E-state index in [1.54, 1.807) is 37.5 Å². The van der Waals surface area contributed by atoms with Gasteiger partial charge in [0.1, 0.15) is 11.6 Å². The molecule has 0 saturated carbocycles. The van der Waals surface area contributed by atoms with Crippen molar-refractivity contribution in [3.63, 3.8) is 0 Å². The second kappa shape index (κ2) is 4.04. The monoisotopic (exact) mass is 204 g/mol. The minimum Gasteiger partial charge on any atom is -0.424 e. The van der Waals surface area contributed by atoms with Gasteiger partial charge < -0.3 is 4.74 Å². The fourth-order valence-corrected chi connectivity index (χ4v) is 1.12. The van der Waals surface area contributed by atoms with Crippen molar-refractivity contribution in [2.75, 3.05) is 0 Å². The topological polar surface area (TPSA) is 35.0 Å². The Morgan fingerprint density at radius 3 is 2.60 bits per heavy atom. The lowest BCUT2D eigenvalue weighted by molar-refractivity contribution is 0.440. The third-order valence-electron chi connectivity index (χ3n) is 1.88. The van der Waals surface area contributed by atoms with Crippen LogP contribution < -0.4 is 4.74 Å². The smallest absolute Gasteiger partial charge is 0.321 e. The first-order chi connectivity index (χ1) is 7.25. The maximum atomic E-state index is 13.0. The highest BCUT2D eigenvalue weighted by Crippen LogP contribution is 2.19. The van der Waals surface area contributed by atoms with Crippen LogP contribution in [0.4, 0.5) is 4.39 Å². The maximum Gasteiger partial charge on any atom is 0.321 e. The molecular weight excluding hydrogens is 195 g/mol. The Morgan fingerprint density at radius 1 is 1.20 bits per heavy atom. The van der Waals surface area contributed by atoms with Crippen molar-refractivity contribution in [2.45, 2.75) is 6.92 Å². The van der Waals surface area contributed by atoms with Gasteiger partial charge in [0, 0.05) is 12.4 Å². The summed E-state index contributed by atoms with van der Waals surface area (Å²) in [5, 5.41) is 0. The van der Waals surface area contributed by atoms with Gasteiger partial charge in [0.2, 0.25) is 0 Å². The normalized spacial score (nSPS) is 10.0. The van der Waals surface area contributed by atoms with Gasteiger partial charge in [-0.15, -0.1) is 0 Å². The molecule has 0 aliphatic heterocycles. The van der Waals surface area contributed by atoms with E-state index in [2.05, 4.69) is 9.97 Å². The van der Waals surface area contributed by atoms with Crippen LogP contribution in [0.1, 0.15) is 5.56 Å². The Balaban J connectivity index is 2.22. The second-order valence-corrected chi connectivity index (χ2v) is 3.04. The van der Waals surface area contributed by atoms with Gasteiger partial charge >= 0.3 is 6.01 Å². The molecule has 2 rings (SSSR count). The molecule has 3 nitrogen and oxygen atoms in total. The number of hydrogen-bond acceptors (Lipinski definition) is 3. The lowest BCUT2D eigenvalue weighted by Crippen LogP contribution is -1.91. The summed E-state index contributed by atoms with van der Waals surface area (Å²) in [5.41, 5.74) is 0.531. The summed E-state index contributed by atoms with van der Waals surface area (Å²) < 4.78 is 18.3. The van der Waals surface area contributed by atoms with Crippen LogP contribution in [0.15, 0.2) is 36.7 Å². The van der Waals surface area contributed by atoms with E-state index in [1.807, 2.05) is 0 Å². The Hall–Kier alpha value is -1.97. The molecule has 0 amide bonds. The molecule has 0 N–H and O–H groups in total. The number of ether oxygens (including phenoxy) is 1. The lowest BCUT2D eigenvalue weighted by Gasteiger charge is -2.04. The largest absolute Gasteiger partial charge is 0.424 e. The molecule has 2 aromatic rings. The summed E-state index contributed by atoms with van der Waals surface area (Å²) in [6, 6.07) is 6.45. The van der Waals surface area contributed by atoms with Gasteiger partial charge in [-0.1, -0.05) is 0 Å². The van der Waals surface area contributed by atoms with Gasteiger partial charge in [0.25, 0.3) is 0 Å². The van der Waals surface area contributed by atoms with E-state index >= 15 is 0 Å². The molecule has 0 aliphatic rings. The standard InChI is InChI=1S/C11H9FN2O/c1-8-7-9(3-4-10(8)12)15-11-13-5-2-6-14-11/h2-7H,1H3. The molecule has 0 atom stereocenters. The van der Waals surface area contributed by atoms with Gasteiger partial charge in [0.05, 0.1) is 0 Å². The van der Waals surface area contributed by atoms with E-state index in [4.69, 9.17) is 4.74 Å². The summed E-state index contributed by atoms with van der Waals surface area (Å²) in [4.78, 5) is 7.80. The summed E-state index contributed by atoms with van der Waals surface area (Å²) >= 11 is 0. The summed E-state index contributed by atoms with van der Waals surface area (Å²) in [6.45, 7) is 1.67. The summed E-state index contributed by atoms with van der Waals surface area (Å²) in [5.74, 6) is 0.274. The predicted octanol–water partition coefficient (Wildman–Crippen LogP) is 2.72. The average Bonchev–Trinajstić information content (AvgIpc) is 2.25. The third-order valence-corrected chi connectivity index (χ3v) is 1.88. The van der Waals surface area contributed by atoms with Gasteiger partial charge in [-0.3, -0.25) is 0 Å². The molecule has 1 heterocycles. The van der Waals surface area contributed by atoms with E-state index in [0.29, 0.717) is 11.3 Å². The van der Waals surface area contributed by atoms with E-state index in [0.717, 1.165) is 0 Å². The zero-order chi connectivity index (χ0) is 10.7. The van der Waals surface area contributed by atoms with Crippen LogP contribution in [-0.4, -0.2) is 9.97 Å². The Morgan fingerprint density at radius 2 is 1.93 bits per heavy atom. The highest BCUT2D eigenvalue weighted by molar-refractivity contribution is 5.30. The molecule has 0 radical (unpaired) electrons. The first-order valence-corrected chi connectivity index (χ1v) is 4.47. The maximum absolute atomic E-state index is 13.0. The number of benzene rings is 1. The van der Waals surface area contributed by atoms with Crippen molar-refractivity contribution in [2.24, 2.45) is 0 Å². The van der Waals surface area contributed by atoms with Gasteiger partial charge in [-0.25, -0.2) is 14.4 Å². The van der Waals surface area contributed by atoms with Crippen molar-refractivity contribution in [3.05, 3.63) is 48.0 Å². The van der Waals surface area contributed by atoms with Crippen LogP contribution in [0.25, 0.3) is 0 Å². The van der Waals surface area contributed by atoms with E-state index < -0.39 is 0 Å². The predicted molar refractivity (Wildman–Crippen MR) is 53.2 cm³/mol. The molecule has 0 saturated heterocycles. The first-order valence-electron chi connectivity index (χ1n) is 4.47. The Kier molecular flexibility index (Phi) is 2.58. The molecule has 0 unspecified atom stereocenters. The SMILES string of the molecule is Cc1cc(Oc2ncccn2)ccc1F. The van der Waals surface area contributed by atoms with Gasteiger partial charge in [-0.05, 0) is 36.8 Å². The van der Waals surface area contributed by atoms with E-state index in [-0.39, 0.29) is 11.8 Å². The second-order valence-electron chi connectivity index (χ2n) is 3.04. The quantitative estimate of drug-likeness (QED) is 0.754. The van der Waals surface area contributed by atoms with Crippen LogP contribution in [-0.2, 0) is 0 Å². The van der Waals surface area contributed by atoms with Crippen molar-refractivity contribution < 1.29 is 9.13 Å². The van der Waals surface area contributed by atoms with Gasteiger partial charge in [-0.2, -0.15) is 0 Å². The summed E-state index contributed by atoms with van der Waals surface area (Å²) in [7, 11) is 0. The number of aryl methyl sites for hydroxylation is 1. The Bertz CT molecular complexity index is 459. The molecule has 1 aromatic heterocycles. The molecule has 0 aliphatic carbocycles. The minimum atomic E-state index is -0.253. The Labute approximate surface area is 86.6 Å². The first kappa shape index (κ1) is 9.58. The fraction of sp³-hybridized carbons (Fsp3) is 0.0909. The highest BCUT2D eigenvalue weighted by Gasteiger charge is 2.02. The number of halogens is 1. The number of rotatable bonds is 2. The van der Waals surface area contributed by atoms with Crippen molar-refractivity contribution in [1.82, 2.24) is 9.97 Å². The van der Waals surface area contributed by atoms with Gasteiger partial charge in [0.15, 0.2) is 0 Å². The third kappa shape index (κ3) is 2.28. The zero-order valence-corrected chi connectivity index (χ0v) is 8.14. The number of aromatic nitrogens is 2. The fourth-order valence-electron chi connectivity index (χ4n) is 1.12. The van der Waals surface area contributed by atoms with Crippen molar-refractivity contribution in [3.8, 4) is 11.8 Å². The average molecular weight is 204 g/mol. The number of hydrogen-bond donors (Lipinski definition) is 0. The van der Waals surface area contributed by atoms with Crippen molar-refractivity contribution in [1.29, 1.82) is 0 Å². The molecule has 1 aromatic carbocycles. The lowest BCUT2D eigenvalue weighted by atomic mass is 10.2. The molecule has 0 spiro atoms. The van der Waals surface area contributed by atoms with Crippen molar-refractivity contribution >= 4 is 0 Å². The molecule has 76 valence electrons.